The summed E-state index contributed by atoms with van der Waals surface area (Å²) in [6.45, 7) is 9.82. The van der Waals surface area contributed by atoms with Gasteiger partial charge in [0, 0.05) is 51.3 Å². The maximum atomic E-state index is 13.5. The summed E-state index contributed by atoms with van der Waals surface area (Å²) < 4.78 is 39.9. The van der Waals surface area contributed by atoms with E-state index in [0.29, 0.717) is 44.9 Å². The molecule has 1 N–H and O–H groups in total. The summed E-state index contributed by atoms with van der Waals surface area (Å²) in [5.74, 6) is -4.30. The molecule has 14 nitrogen and oxygen atoms in total. The molecular formula is C43H54Ag2O14. The molecule has 59 heavy (non-hydrogen) atoms. The Bertz CT molecular complexity index is 1760. The fourth-order valence-electron chi connectivity index (χ4n) is 12.6. The quantitative estimate of drug-likeness (QED) is 0.212. The molecule has 16 heteroatoms. The van der Waals surface area contributed by atoms with Crippen LogP contribution in [-0.4, -0.2) is 60.9 Å². The molecule has 0 amide bonds. The molecule has 6 fully saturated rings. The standard InChI is InChI=1S/C22H28O6.C21H26O7.2Ag.O/c1-12-9-15(19(24)26-4)21(2)7-5-14-20(25)28-16(13-6-8-27-11-13)10-22(14,3)18(21)17(12)23;1-20-6-4-12-19(25)28-15(11-5-7-27-10-11)9-21(12,2)17(20)16(23)14(22)8-13(20)18(24)26-3;;;/h6,8,11-12,14-16,18H,5,7,9-10H2,1-4H3;5,7,10,12-15,17,22H,4,6,8-9H2,1-3H3;;;/t12?,14?,15-,16-,18?,21-,22-;12?,13-,14?,15-,17?,20-,21-;;;/m00.../s1. The predicted molar refractivity (Wildman–Crippen MR) is 195 cm³/mol. The van der Waals surface area contributed by atoms with E-state index in [0.717, 1.165) is 11.1 Å². The number of hydrogen-bond acceptors (Lipinski definition) is 14. The summed E-state index contributed by atoms with van der Waals surface area (Å²) in [4.78, 5) is 77.6. The van der Waals surface area contributed by atoms with Crippen LogP contribution in [0.2, 0.25) is 0 Å². The summed E-state index contributed by atoms with van der Waals surface area (Å²) in [5.41, 5.74) is -0.930. The van der Waals surface area contributed by atoms with Crippen molar-refractivity contribution in [3.63, 3.8) is 0 Å². The first-order valence-electron chi connectivity index (χ1n) is 19.9. The van der Waals surface area contributed by atoms with Crippen molar-refractivity contribution in [3.05, 3.63) is 48.3 Å². The van der Waals surface area contributed by atoms with E-state index in [4.69, 9.17) is 31.0 Å². The summed E-state index contributed by atoms with van der Waals surface area (Å²) in [6.07, 6.45) is 7.92. The van der Waals surface area contributed by atoms with Crippen molar-refractivity contribution in [2.24, 2.45) is 63.1 Å². The van der Waals surface area contributed by atoms with Crippen LogP contribution in [0.1, 0.15) is 109 Å². The molecule has 4 aliphatic carbocycles. The molecule has 2 saturated heterocycles. The van der Waals surface area contributed by atoms with Gasteiger partial charge in [-0.25, -0.2) is 0 Å². The Morgan fingerprint density at radius 2 is 1.10 bits per heavy atom. The van der Waals surface area contributed by atoms with Crippen LogP contribution in [0.5, 0.6) is 0 Å². The third-order valence-corrected chi connectivity index (χ3v) is 15.3. The van der Waals surface area contributed by atoms with Crippen LogP contribution < -0.4 is 0 Å². The molecule has 6 unspecified atom stereocenters. The second-order valence-corrected chi connectivity index (χ2v) is 18.3. The number of ketones is 2. The third-order valence-electron chi connectivity index (χ3n) is 15.3. The number of cyclic esters (lactones) is 2. The Kier molecular flexibility index (Phi) is 14.2. The SMILES string of the molecule is COC(=O)[C@@H]1CC(C)C(=O)C2[C@@]3(C)C[C@@H](c4ccoc4)OC(=O)C3CC[C@]21C.COC(=O)[C@@H]1CC(O)C(=O)C2[C@@]3(C)C[C@@H](c4ccoc4)OC(=O)C3CC[C@]21C.[Ag].[O]=[Ag]. The van der Waals surface area contributed by atoms with E-state index < -0.39 is 63.7 Å². The van der Waals surface area contributed by atoms with Gasteiger partial charge in [0.05, 0.1) is 62.9 Å². The van der Waals surface area contributed by atoms with Crippen molar-refractivity contribution in [1.82, 2.24) is 0 Å². The van der Waals surface area contributed by atoms with E-state index in [1.54, 1.807) is 52.0 Å². The number of ether oxygens (including phenoxy) is 4. The third kappa shape index (κ3) is 7.78. The summed E-state index contributed by atoms with van der Waals surface area (Å²) in [5, 5.41) is 10.5. The number of Topliss-reactive ketones (excluding diaryl/α,β-unsaturated/α-hetero) is 2. The van der Waals surface area contributed by atoms with Crippen LogP contribution in [0.4, 0.5) is 0 Å². The number of esters is 4. The molecule has 14 atom stereocenters. The van der Waals surface area contributed by atoms with Gasteiger partial charge in [0.2, 0.25) is 0 Å². The van der Waals surface area contributed by atoms with Crippen molar-refractivity contribution in [2.75, 3.05) is 14.2 Å². The summed E-state index contributed by atoms with van der Waals surface area (Å²) in [6, 6.07) is 3.55. The maximum absolute atomic E-state index is 13.5. The second-order valence-electron chi connectivity index (χ2n) is 18.3. The van der Waals surface area contributed by atoms with Crippen LogP contribution in [0.25, 0.3) is 0 Å². The van der Waals surface area contributed by atoms with Gasteiger partial charge in [-0.2, -0.15) is 0 Å². The van der Waals surface area contributed by atoms with E-state index in [1.165, 1.54) is 20.5 Å². The Labute approximate surface area is 371 Å². The topological polar surface area (TPSA) is 203 Å². The van der Waals surface area contributed by atoms with Gasteiger partial charge in [0.25, 0.3) is 0 Å². The van der Waals surface area contributed by atoms with Gasteiger partial charge in [-0.1, -0.05) is 34.6 Å². The molecule has 0 aromatic carbocycles. The number of furan rings is 2. The van der Waals surface area contributed by atoms with E-state index in [9.17, 15) is 33.9 Å². The summed E-state index contributed by atoms with van der Waals surface area (Å²) >= 11 is 1.70. The zero-order valence-corrected chi connectivity index (χ0v) is 37.2. The minimum absolute atomic E-state index is 0. The first kappa shape index (κ1) is 47.1. The van der Waals surface area contributed by atoms with E-state index in [2.05, 4.69) is 0 Å². The number of fused-ring (bicyclic) bond motifs is 6. The number of aliphatic hydroxyl groups is 1. The molecule has 4 saturated carbocycles. The van der Waals surface area contributed by atoms with Gasteiger partial charge in [-0.3, -0.25) is 28.8 Å². The molecule has 6 aliphatic rings. The van der Waals surface area contributed by atoms with Gasteiger partial charge >= 0.3 is 48.2 Å². The van der Waals surface area contributed by atoms with Gasteiger partial charge < -0.3 is 32.9 Å². The minimum atomic E-state index is -1.23. The Morgan fingerprint density at radius 3 is 1.49 bits per heavy atom. The fraction of sp³-hybridized carbons (Fsp3) is 0.674. The summed E-state index contributed by atoms with van der Waals surface area (Å²) in [7, 11) is 2.73. The van der Waals surface area contributed by atoms with Gasteiger partial charge in [-0.05, 0) is 85.2 Å². The molecule has 0 spiro atoms. The number of methoxy groups -OCH3 is 2. The first-order chi connectivity index (χ1) is 27.4. The van der Waals surface area contributed by atoms with Crippen molar-refractivity contribution in [2.45, 2.75) is 104 Å². The number of carbonyl (C=O) groups excluding carboxylic acids is 6. The first-order valence-corrected chi connectivity index (χ1v) is 20.5. The average Bonchev–Trinajstić information content (AvgIpc) is 3.93. The zero-order chi connectivity index (χ0) is 42.5. The zero-order valence-electron chi connectivity index (χ0n) is 34.3. The van der Waals surface area contributed by atoms with Crippen molar-refractivity contribution in [3.8, 4) is 0 Å². The Balaban J connectivity index is 0.000000212. The van der Waals surface area contributed by atoms with E-state index in [-0.39, 0.29) is 81.9 Å². The number of rotatable bonds is 4. The molecule has 2 aliphatic heterocycles. The van der Waals surface area contributed by atoms with E-state index in [1.807, 2.05) is 34.6 Å². The molecule has 0 bridgehead atoms. The molecule has 332 valence electrons. The monoisotopic (exact) mass is 1010 g/mol. The molecule has 4 heterocycles. The number of carbonyl (C=O) groups is 6. The number of hydrogen-bond donors (Lipinski definition) is 1. The van der Waals surface area contributed by atoms with Crippen molar-refractivity contribution >= 4 is 35.4 Å². The van der Waals surface area contributed by atoms with Gasteiger partial charge in [0.15, 0.2) is 5.78 Å². The van der Waals surface area contributed by atoms with Gasteiger partial charge in [-0.15, -0.1) is 0 Å². The number of aliphatic hydroxyl groups excluding tert-OH is 1. The molecule has 2 aromatic rings. The van der Waals surface area contributed by atoms with Crippen molar-refractivity contribution in [1.29, 1.82) is 0 Å². The van der Waals surface area contributed by atoms with E-state index >= 15 is 0 Å². The van der Waals surface area contributed by atoms with Crippen LogP contribution in [0.3, 0.4) is 0 Å². The van der Waals surface area contributed by atoms with Crippen LogP contribution in [0.15, 0.2) is 46.0 Å². The normalized spacial score (nSPS) is 40.8. The molecule has 8 rings (SSSR count). The molecular weight excluding hydrogens is 956 g/mol. The second kappa shape index (κ2) is 17.8. The molecule has 2 aromatic heterocycles. The fourth-order valence-corrected chi connectivity index (χ4v) is 12.6. The van der Waals surface area contributed by atoms with Gasteiger partial charge in [0.1, 0.15) is 24.1 Å². The Hall–Kier alpha value is -2.98. The average molecular weight is 1010 g/mol. The predicted octanol–water partition coefficient (Wildman–Crippen LogP) is 6.01. The Morgan fingerprint density at radius 1 is 0.695 bits per heavy atom. The van der Waals surface area contributed by atoms with Crippen LogP contribution in [0, 0.1) is 63.1 Å². The van der Waals surface area contributed by atoms with Crippen LogP contribution in [-0.2, 0) is 94.4 Å². The van der Waals surface area contributed by atoms with Crippen LogP contribution >= 0.6 is 0 Å². The van der Waals surface area contributed by atoms with Crippen molar-refractivity contribution < 1.29 is 108 Å². The molecule has 1 radical (unpaired) electrons.